The van der Waals surface area contributed by atoms with Gasteiger partial charge < -0.3 is 0 Å². The second-order valence-electron chi connectivity index (χ2n) is 0.909. The molecular formula is C3H2BrF5. The second-order valence-corrected chi connectivity index (χ2v) is 0.909. The van der Waals surface area contributed by atoms with Gasteiger partial charge in [0, 0.05) is 0 Å². The molecule has 0 aliphatic carbocycles. The van der Waals surface area contributed by atoms with Gasteiger partial charge in [-0.25, -0.2) is 8.78 Å². The molecule has 0 nitrogen and oxygen atoms in total. The normalized spacial score (nSPS) is 8.67. The maximum atomic E-state index is 11.0. The van der Waals surface area contributed by atoms with Crippen molar-refractivity contribution in [2.75, 3.05) is 0 Å². The van der Waals surface area contributed by atoms with E-state index < -0.39 is 18.3 Å². The summed E-state index contributed by atoms with van der Waals surface area (Å²) in [6.45, 7) is 0. The van der Waals surface area contributed by atoms with Gasteiger partial charge in [0.2, 0.25) is 5.83 Å². The SMILES string of the molecule is Br.FC(F)=C(F)C(F)F. The summed E-state index contributed by atoms with van der Waals surface area (Å²) >= 11 is 0. The highest BCUT2D eigenvalue weighted by Gasteiger charge is 2.16. The number of alkyl halides is 2. The van der Waals surface area contributed by atoms with Gasteiger partial charge in [0.25, 0.3) is 6.43 Å². The zero-order chi connectivity index (χ0) is 6.73. The van der Waals surface area contributed by atoms with Crippen LogP contribution in [-0.4, -0.2) is 6.43 Å². The predicted molar refractivity (Wildman–Crippen MR) is 26.7 cm³/mol. The number of allylic oxidation sites excluding steroid dienone is 1. The molecule has 9 heavy (non-hydrogen) atoms. The standard InChI is InChI=1S/C3HF5.BrH/c4-1(2(5)6)3(7)8;/h2H;1H. The van der Waals surface area contributed by atoms with E-state index >= 15 is 0 Å². The molecule has 0 aliphatic rings. The average molecular weight is 213 g/mol. The molecule has 0 saturated carbocycles. The Morgan fingerprint density at radius 2 is 1.33 bits per heavy atom. The monoisotopic (exact) mass is 212 g/mol. The molecule has 0 aromatic heterocycles. The Hall–Kier alpha value is -0.130. The Balaban J connectivity index is 0. The molecule has 0 fully saturated rings. The molecule has 0 rings (SSSR count). The largest absolute Gasteiger partial charge is 0.307 e. The fraction of sp³-hybridized carbons (Fsp3) is 0.333. The van der Waals surface area contributed by atoms with Crippen LogP contribution in [0.4, 0.5) is 22.0 Å². The van der Waals surface area contributed by atoms with E-state index in [0.717, 1.165) is 0 Å². The van der Waals surface area contributed by atoms with Gasteiger partial charge in [-0.15, -0.1) is 17.0 Å². The van der Waals surface area contributed by atoms with Crippen LogP contribution in [0.3, 0.4) is 0 Å². The van der Waals surface area contributed by atoms with E-state index in [4.69, 9.17) is 0 Å². The number of rotatable bonds is 1. The molecule has 0 spiro atoms. The van der Waals surface area contributed by atoms with Crippen LogP contribution >= 0.6 is 17.0 Å². The molecule has 0 heterocycles. The van der Waals surface area contributed by atoms with Crippen LogP contribution < -0.4 is 0 Å². The van der Waals surface area contributed by atoms with Crippen molar-refractivity contribution in [3.63, 3.8) is 0 Å². The van der Waals surface area contributed by atoms with Crippen molar-refractivity contribution in [2.45, 2.75) is 6.43 Å². The van der Waals surface area contributed by atoms with E-state index in [1.165, 1.54) is 0 Å². The fourth-order valence-corrected chi connectivity index (χ4v) is 0.0825. The highest BCUT2D eigenvalue weighted by atomic mass is 79.9. The minimum Gasteiger partial charge on any atom is -0.202 e. The average Bonchev–Trinajstić information content (AvgIpc) is 1.64. The topological polar surface area (TPSA) is 0 Å². The van der Waals surface area contributed by atoms with Crippen molar-refractivity contribution in [3.05, 3.63) is 11.9 Å². The molecular weight excluding hydrogens is 211 g/mol. The molecule has 0 bridgehead atoms. The summed E-state index contributed by atoms with van der Waals surface area (Å²) in [7, 11) is 0. The van der Waals surface area contributed by atoms with E-state index in [1.54, 1.807) is 0 Å². The Bertz CT molecular complexity index is 105. The second kappa shape index (κ2) is 4.72. The lowest BCUT2D eigenvalue weighted by atomic mass is 10.6. The van der Waals surface area contributed by atoms with Gasteiger partial charge in [-0.2, -0.15) is 13.2 Å². The van der Waals surface area contributed by atoms with Crippen LogP contribution in [0.2, 0.25) is 0 Å². The quantitative estimate of drug-likeness (QED) is 0.587. The van der Waals surface area contributed by atoms with Gasteiger partial charge in [-0.05, 0) is 0 Å². The number of hydrogen-bond acceptors (Lipinski definition) is 0. The maximum Gasteiger partial charge on any atom is 0.307 e. The van der Waals surface area contributed by atoms with Crippen LogP contribution in [0.1, 0.15) is 0 Å². The highest BCUT2D eigenvalue weighted by molar-refractivity contribution is 8.93. The van der Waals surface area contributed by atoms with Crippen molar-refractivity contribution in [1.82, 2.24) is 0 Å². The van der Waals surface area contributed by atoms with Crippen LogP contribution in [0, 0.1) is 0 Å². The van der Waals surface area contributed by atoms with Gasteiger partial charge in [-0.3, -0.25) is 0 Å². The van der Waals surface area contributed by atoms with Gasteiger partial charge in [0.15, 0.2) is 0 Å². The first-order valence-electron chi connectivity index (χ1n) is 1.54. The van der Waals surface area contributed by atoms with Crippen molar-refractivity contribution in [1.29, 1.82) is 0 Å². The number of halogens is 6. The Morgan fingerprint density at radius 3 is 1.33 bits per heavy atom. The summed E-state index contributed by atoms with van der Waals surface area (Å²) in [5.74, 6) is -2.65. The molecule has 0 amide bonds. The first-order valence-corrected chi connectivity index (χ1v) is 1.54. The van der Waals surface area contributed by atoms with Crippen molar-refractivity contribution < 1.29 is 22.0 Å². The van der Waals surface area contributed by atoms with Gasteiger partial charge in [0.05, 0.1) is 0 Å². The lowest BCUT2D eigenvalue weighted by molar-refractivity contribution is 0.145. The molecule has 0 saturated heterocycles. The molecule has 0 radical (unpaired) electrons. The van der Waals surface area contributed by atoms with Gasteiger partial charge >= 0.3 is 6.08 Å². The summed E-state index contributed by atoms with van der Waals surface area (Å²) in [5, 5.41) is 0. The highest BCUT2D eigenvalue weighted by Crippen LogP contribution is 2.16. The van der Waals surface area contributed by atoms with E-state index in [1.807, 2.05) is 0 Å². The van der Waals surface area contributed by atoms with Gasteiger partial charge in [-0.1, -0.05) is 0 Å². The van der Waals surface area contributed by atoms with Gasteiger partial charge in [0.1, 0.15) is 0 Å². The molecule has 0 aromatic carbocycles. The van der Waals surface area contributed by atoms with Crippen LogP contribution in [-0.2, 0) is 0 Å². The first-order chi connectivity index (χ1) is 3.55. The third-order valence-corrected chi connectivity index (χ3v) is 0.372. The summed E-state index contributed by atoms with van der Waals surface area (Å²) < 4.78 is 54.0. The van der Waals surface area contributed by atoms with Crippen LogP contribution in [0.25, 0.3) is 0 Å². The molecule has 0 aliphatic heterocycles. The lowest BCUT2D eigenvalue weighted by Crippen LogP contribution is -1.90. The summed E-state index contributed by atoms with van der Waals surface area (Å²) in [6.07, 6.45) is -6.65. The maximum absolute atomic E-state index is 11.0. The zero-order valence-electron chi connectivity index (χ0n) is 3.88. The minimum atomic E-state index is -3.69. The Morgan fingerprint density at radius 1 is 1.00 bits per heavy atom. The van der Waals surface area contributed by atoms with Crippen LogP contribution in [0.15, 0.2) is 11.9 Å². The van der Waals surface area contributed by atoms with E-state index in [9.17, 15) is 22.0 Å². The van der Waals surface area contributed by atoms with E-state index in [0.29, 0.717) is 0 Å². The first kappa shape index (κ1) is 11.6. The molecule has 0 N–H and O–H groups in total. The zero-order valence-corrected chi connectivity index (χ0v) is 5.59. The van der Waals surface area contributed by atoms with Crippen molar-refractivity contribution in [3.8, 4) is 0 Å². The summed E-state index contributed by atoms with van der Waals surface area (Å²) in [5.41, 5.74) is 0. The molecule has 0 atom stereocenters. The van der Waals surface area contributed by atoms with E-state index in [-0.39, 0.29) is 17.0 Å². The van der Waals surface area contributed by atoms with Crippen molar-refractivity contribution >= 4 is 17.0 Å². The number of hydrogen-bond donors (Lipinski definition) is 0. The smallest absolute Gasteiger partial charge is 0.202 e. The summed E-state index contributed by atoms with van der Waals surface area (Å²) in [4.78, 5) is 0. The Labute approximate surface area is 58.1 Å². The fourth-order valence-electron chi connectivity index (χ4n) is 0.0825. The van der Waals surface area contributed by atoms with Crippen molar-refractivity contribution in [2.24, 2.45) is 0 Å². The molecule has 6 heteroatoms. The Kier molecular flexibility index (Phi) is 6.11. The van der Waals surface area contributed by atoms with Crippen LogP contribution in [0.5, 0.6) is 0 Å². The summed E-state index contributed by atoms with van der Waals surface area (Å²) in [6, 6.07) is 0. The molecule has 56 valence electrons. The third kappa shape index (κ3) is 4.38. The molecule has 0 aromatic rings. The minimum absolute atomic E-state index is 0. The predicted octanol–water partition coefficient (Wildman–Crippen LogP) is 2.91. The lowest BCUT2D eigenvalue weighted by Gasteiger charge is -1.88. The third-order valence-electron chi connectivity index (χ3n) is 0.372. The van der Waals surface area contributed by atoms with E-state index in [2.05, 4.69) is 0 Å². The molecule has 0 unspecified atom stereocenters.